The smallest absolute Gasteiger partial charge is 0.344 e. The van der Waals surface area contributed by atoms with Gasteiger partial charge in [-0.15, -0.1) is 0 Å². The molecule has 0 aliphatic rings. The molecule has 0 atom stereocenters. The van der Waals surface area contributed by atoms with E-state index in [1.165, 1.54) is 11.8 Å². The van der Waals surface area contributed by atoms with Gasteiger partial charge in [0.25, 0.3) is 5.56 Å². The molecule has 180 valence electrons. The quantitative estimate of drug-likeness (QED) is 0.253. The number of rotatable bonds is 9. The summed E-state index contributed by atoms with van der Waals surface area (Å²) in [5, 5.41) is 4.92. The van der Waals surface area contributed by atoms with Gasteiger partial charge in [0, 0.05) is 20.9 Å². The van der Waals surface area contributed by atoms with Crippen LogP contribution in [0, 0.1) is 0 Å². The van der Waals surface area contributed by atoms with E-state index in [4.69, 9.17) is 14.2 Å². The average molecular weight is 595 g/mol. The number of aryl methyl sites for hydroxylation is 1. The molecule has 10 heteroatoms. The van der Waals surface area contributed by atoms with E-state index in [1.54, 1.807) is 38.3 Å². The molecule has 1 heterocycles. The van der Waals surface area contributed by atoms with Crippen molar-refractivity contribution in [3.8, 4) is 11.5 Å². The number of fused-ring (bicyclic) bond motifs is 1. The van der Waals surface area contributed by atoms with Crippen molar-refractivity contribution in [2.75, 3.05) is 13.7 Å². The summed E-state index contributed by atoms with van der Waals surface area (Å²) < 4.78 is 18.8. The number of carbonyl (C=O) groups excluding carboxylic acids is 1. The molecule has 0 radical (unpaired) electrons. The van der Waals surface area contributed by atoms with Crippen molar-refractivity contribution in [2.24, 2.45) is 5.10 Å². The number of hydrogen-bond acceptors (Lipinski definition) is 7. The fourth-order valence-corrected chi connectivity index (χ4v) is 3.96. The topological polar surface area (TPSA) is 92.0 Å². The first-order valence-electron chi connectivity index (χ1n) is 10.7. The van der Waals surface area contributed by atoms with E-state index >= 15 is 0 Å². The molecular weight excluding hydrogens is 570 g/mol. The van der Waals surface area contributed by atoms with Crippen LogP contribution in [0.3, 0.4) is 0 Å². The Kier molecular flexibility index (Phi) is 8.84. The van der Waals surface area contributed by atoms with Gasteiger partial charge in [0.15, 0.2) is 18.1 Å². The normalized spacial score (nSPS) is 11.4. The summed E-state index contributed by atoms with van der Waals surface area (Å²) in [6.07, 6.45) is 2.74. The second-order valence-corrected chi connectivity index (χ2v) is 9.42. The standard InChI is InChI=1S/C24H25Br2N3O5/c1-5-6-22-28-19-8-7-16(25)10-17(19)24(31)29(22)27-12-15-9-20(32-4)21(11-18(15)26)33-13-23(30)34-14(2)3/h7-12,14H,5-6,13H2,1-4H3. The first kappa shape index (κ1) is 25.9. The summed E-state index contributed by atoms with van der Waals surface area (Å²) >= 11 is 6.90. The van der Waals surface area contributed by atoms with Crippen molar-refractivity contribution in [2.45, 2.75) is 39.7 Å². The number of halogens is 2. The zero-order chi connectivity index (χ0) is 24.8. The van der Waals surface area contributed by atoms with Gasteiger partial charge in [0.1, 0.15) is 5.82 Å². The third-order valence-electron chi connectivity index (χ3n) is 4.66. The Hall–Kier alpha value is -2.72. The first-order valence-corrected chi connectivity index (χ1v) is 12.3. The Balaban J connectivity index is 1.96. The van der Waals surface area contributed by atoms with E-state index in [0.717, 1.165) is 10.9 Å². The predicted molar refractivity (Wildman–Crippen MR) is 138 cm³/mol. The maximum absolute atomic E-state index is 13.2. The van der Waals surface area contributed by atoms with Crippen LogP contribution < -0.4 is 15.0 Å². The molecule has 3 aromatic rings. The highest BCUT2D eigenvalue weighted by Crippen LogP contribution is 2.33. The number of nitrogens with zero attached hydrogens (tertiary/aromatic N) is 3. The highest BCUT2D eigenvalue weighted by atomic mass is 79.9. The fourth-order valence-electron chi connectivity index (χ4n) is 3.17. The van der Waals surface area contributed by atoms with Crippen LogP contribution in [-0.2, 0) is 16.0 Å². The van der Waals surface area contributed by atoms with Crippen LogP contribution >= 0.6 is 31.9 Å². The molecule has 0 spiro atoms. The van der Waals surface area contributed by atoms with Crippen LogP contribution in [0.1, 0.15) is 38.6 Å². The summed E-state index contributed by atoms with van der Waals surface area (Å²) in [6.45, 7) is 5.31. The Morgan fingerprint density at radius 1 is 1.21 bits per heavy atom. The summed E-state index contributed by atoms with van der Waals surface area (Å²) in [6, 6.07) is 8.78. The zero-order valence-corrected chi connectivity index (χ0v) is 22.5. The van der Waals surface area contributed by atoms with Crippen molar-refractivity contribution in [1.82, 2.24) is 9.66 Å². The molecule has 0 saturated carbocycles. The number of methoxy groups -OCH3 is 1. The van der Waals surface area contributed by atoms with Crippen molar-refractivity contribution in [3.63, 3.8) is 0 Å². The van der Waals surface area contributed by atoms with Crippen LogP contribution in [0.2, 0.25) is 0 Å². The van der Waals surface area contributed by atoms with Crippen LogP contribution in [0.25, 0.3) is 10.9 Å². The highest BCUT2D eigenvalue weighted by molar-refractivity contribution is 9.10. The van der Waals surface area contributed by atoms with Crippen molar-refractivity contribution >= 4 is 54.9 Å². The summed E-state index contributed by atoms with van der Waals surface area (Å²) in [5.41, 5.74) is 1.03. The van der Waals surface area contributed by atoms with E-state index in [0.29, 0.717) is 44.7 Å². The minimum atomic E-state index is -0.475. The zero-order valence-electron chi connectivity index (χ0n) is 19.3. The molecule has 3 rings (SSSR count). The summed E-state index contributed by atoms with van der Waals surface area (Å²) in [4.78, 5) is 29.6. The van der Waals surface area contributed by atoms with Gasteiger partial charge in [-0.2, -0.15) is 9.78 Å². The molecule has 0 N–H and O–H groups in total. The van der Waals surface area contributed by atoms with Gasteiger partial charge in [0.05, 0.1) is 30.3 Å². The number of ether oxygens (including phenoxy) is 3. The predicted octanol–water partition coefficient (Wildman–Crippen LogP) is 5.10. The maximum Gasteiger partial charge on any atom is 0.344 e. The van der Waals surface area contributed by atoms with Crippen molar-refractivity contribution in [1.29, 1.82) is 0 Å². The lowest BCUT2D eigenvalue weighted by Gasteiger charge is -2.13. The van der Waals surface area contributed by atoms with E-state index in [1.807, 2.05) is 19.1 Å². The summed E-state index contributed by atoms with van der Waals surface area (Å²) in [5.74, 6) is 0.874. The number of carbonyl (C=O) groups is 1. The molecule has 8 nitrogen and oxygen atoms in total. The highest BCUT2D eigenvalue weighted by Gasteiger charge is 2.14. The van der Waals surface area contributed by atoms with Gasteiger partial charge in [-0.05, 0) is 66.5 Å². The monoisotopic (exact) mass is 593 g/mol. The van der Waals surface area contributed by atoms with Gasteiger partial charge in [-0.25, -0.2) is 9.78 Å². The molecular formula is C24H25Br2N3O5. The Morgan fingerprint density at radius 3 is 2.65 bits per heavy atom. The molecule has 0 unspecified atom stereocenters. The minimum absolute atomic E-state index is 0.227. The van der Waals surface area contributed by atoms with E-state index in [2.05, 4.69) is 41.9 Å². The molecule has 0 aliphatic heterocycles. The second kappa shape index (κ2) is 11.6. The molecule has 0 bridgehead atoms. The molecule has 0 saturated heterocycles. The van der Waals surface area contributed by atoms with Gasteiger partial charge >= 0.3 is 5.97 Å². The number of esters is 1. The molecule has 0 amide bonds. The minimum Gasteiger partial charge on any atom is -0.493 e. The Morgan fingerprint density at radius 2 is 1.97 bits per heavy atom. The number of benzene rings is 2. The van der Waals surface area contributed by atoms with Crippen molar-refractivity contribution < 1.29 is 19.0 Å². The Bertz CT molecular complexity index is 1290. The lowest BCUT2D eigenvalue weighted by Crippen LogP contribution is -2.22. The Labute approximate surface area is 214 Å². The van der Waals surface area contributed by atoms with E-state index in [9.17, 15) is 9.59 Å². The average Bonchev–Trinajstić information content (AvgIpc) is 2.78. The molecule has 0 aliphatic carbocycles. The molecule has 0 fully saturated rings. The SMILES string of the molecule is CCCc1nc2ccc(Br)cc2c(=O)n1N=Cc1cc(OC)c(OCC(=O)OC(C)C)cc1Br. The first-order chi connectivity index (χ1) is 16.2. The third kappa shape index (κ3) is 6.24. The van der Waals surface area contributed by atoms with Gasteiger partial charge < -0.3 is 14.2 Å². The van der Waals surface area contributed by atoms with Crippen molar-refractivity contribution in [3.05, 3.63) is 61.0 Å². The molecule has 1 aromatic heterocycles. The third-order valence-corrected chi connectivity index (χ3v) is 5.84. The number of hydrogen-bond donors (Lipinski definition) is 0. The maximum atomic E-state index is 13.2. The van der Waals surface area contributed by atoms with Gasteiger partial charge in [-0.1, -0.05) is 22.9 Å². The molecule has 2 aromatic carbocycles. The lowest BCUT2D eigenvalue weighted by atomic mass is 10.2. The van der Waals surface area contributed by atoms with E-state index < -0.39 is 5.97 Å². The molecule has 34 heavy (non-hydrogen) atoms. The van der Waals surface area contributed by atoms with Gasteiger partial charge in [-0.3, -0.25) is 4.79 Å². The van der Waals surface area contributed by atoms with Crippen LogP contribution in [0.5, 0.6) is 11.5 Å². The fraction of sp³-hybridized carbons (Fsp3) is 0.333. The number of aromatic nitrogens is 2. The van der Waals surface area contributed by atoms with Crippen LogP contribution in [0.15, 0.2) is 49.2 Å². The second-order valence-electron chi connectivity index (χ2n) is 7.65. The van der Waals surface area contributed by atoms with Gasteiger partial charge in [0.2, 0.25) is 0 Å². The van der Waals surface area contributed by atoms with Crippen LogP contribution in [-0.4, -0.2) is 41.7 Å². The van der Waals surface area contributed by atoms with Crippen LogP contribution in [0.4, 0.5) is 0 Å². The largest absolute Gasteiger partial charge is 0.493 e. The summed E-state index contributed by atoms with van der Waals surface area (Å²) in [7, 11) is 1.50. The van der Waals surface area contributed by atoms with E-state index in [-0.39, 0.29) is 18.3 Å². The lowest BCUT2D eigenvalue weighted by molar-refractivity contribution is -0.149.